The first-order chi connectivity index (χ1) is 14.1. The molecule has 4 rings (SSSR count). The molecule has 2 aromatic rings. The molecule has 1 aliphatic carbocycles. The highest BCUT2D eigenvalue weighted by atomic mass is 16.5. The highest BCUT2D eigenvalue weighted by molar-refractivity contribution is 5.98. The first-order valence-electron chi connectivity index (χ1n) is 10.3. The van der Waals surface area contributed by atoms with Crippen LogP contribution < -0.4 is 5.32 Å². The molecule has 29 heavy (non-hydrogen) atoms. The Hall–Kier alpha value is -2.67. The Morgan fingerprint density at radius 1 is 1.17 bits per heavy atom. The topological polar surface area (TPSA) is 76.5 Å². The lowest BCUT2D eigenvalue weighted by molar-refractivity contribution is -0.136. The van der Waals surface area contributed by atoms with Crippen LogP contribution in [0.1, 0.15) is 36.8 Å². The van der Waals surface area contributed by atoms with Gasteiger partial charge in [-0.1, -0.05) is 42.7 Å². The summed E-state index contributed by atoms with van der Waals surface area (Å²) >= 11 is 0. The lowest BCUT2D eigenvalue weighted by Gasteiger charge is -2.28. The van der Waals surface area contributed by atoms with E-state index >= 15 is 0 Å². The van der Waals surface area contributed by atoms with Crippen LogP contribution in [0.3, 0.4) is 0 Å². The highest BCUT2D eigenvalue weighted by Gasteiger charge is 2.43. The molecule has 1 aromatic heterocycles. The fourth-order valence-corrected chi connectivity index (χ4v) is 4.37. The van der Waals surface area contributed by atoms with Gasteiger partial charge < -0.3 is 15.0 Å². The Bertz CT molecular complexity index is 880. The summed E-state index contributed by atoms with van der Waals surface area (Å²) in [6.45, 7) is 4.60. The molecule has 1 N–H and O–H groups in total. The largest absolute Gasteiger partial charge is 0.378 e. The van der Waals surface area contributed by atoms with Crippen LogP contribution in [0, 0.1) is 6.92 Å². The van der Waals surface area contributed by atoms with Crippen LogP contribution >= 0.6 is 0 Å². The van der Waals surface area contributed by atoms with Crippen molar-refractivity contribution in [3.8, 4) is 0 Å². The number of carbonyl (C=O) groups excluding carboxylic acids is 2. The van der Waals surface area contributed by atoms with Crippen molar-refractivity contribution in [3.63, 3.8) is 0 Å². The van der Waals surface area contributed by atoms with Crippen molar-refractivity contribution in [3.05, 3.63) is 47.7 Å². The SMILES string of the molecule is Cc1cccc(C2(C(=O)Nc3ccn(CC(=O)N4CCOCC4)n3)CCCC2)c1. The minimum atomic E-state index is -0.501. The molecule has 2 heterocycles. The average molecular weight is 396 g/mol. The summed E-state index contributed by atoms with van der Waals surface area (Å²) in [7, 11) is 0. The zero-order valence-corrected chi connectivity index (χ0v) is 16.9. The van der Waals surface area contributed by atoms with E-state index in [1.165, 1.54) is 0 Å². The van der Waals surface area contributed by atoms with Crippen molar-refractivity contribution in [2.24, 2.45) is 0 Å². The third kappa shape index (κ3) is 4.19. The van der Waals surface area contributed by atoms with E-state index in [4.69, 9.17) is 4.74 Å². The monoisotopic (exact) mass is 396 g/mol. The number of carbonyl (C=O) groups is 2. The summed E-state index contributed by atoms with van der Waals surface area (Å²) in [6, 6.07) is 9.99. The van der Waals surface area contributed by atoms with Gasteiger partial charge in [-0.3, -0.25) is 14.3 Å². The van der Waals surface area contributed by atoms with E-state index < -0.39 is 5.41 Å². The average Bonchev–Trinajstić information content (AvgIpc) is 3.39. The molecule has 2 amide bonds. The number of anilines is 1. The lowest BCUT2D eigenvalue weighted by Crippen LogP contribution is -2.42. The molecule has 2 fully saturated rings. The third-order valence-electron chi connectivity index (χ3n) is 6.01. The van der Waals surface area contributed by atoms with Gasteiger partial charge in [0.1, 0.15) is 6.54 Å². The van der Waals surface area contributed by atoms with Gasteiger partial charge in [0, 0.05) is 25.4 Å². The molecule has 0 radical (unpaired) electrons. The maximum absolute atomic E-state index is 13.3. The molecular formula is C22H28N4O3. The molecule has 7 nitrogen and oxygen atoms in total. The van der Waals surface area contributed by atoms with E-state index in [1.54, 1.807) is 21.8 Å². The standard InChI is InChI=1S/C22H28N4O3/c1-17-5-4-6-18(15-17)22(8-2-3-9-22)21(28)23-19-7-10-26(24-19)16-20(27)25-11-13-29-14-12-25/h4-7,10,15H,2-3,8-9,11-14,16H2,1H3,(H,23,24,28). The van der Waals surface area contributed by atoms with E-state index in [9.17, 15) is 9.59 Å². The number of rotatable bonds is 5. The van der Waals surface area contributed by atoms with Gasteiger partial charge in [-0.25, -0.2) is 0 Å². The van der Waals surface area contributed by atoms with E-state index in [-0.39, 0.29) is 18.4 Å². The maximum atomic E-state index is 13.3. The van der Waals surface area contributed by atoms with Crippen LogP contribution in [-0.2, 0) is 26.3 Å². The Morgan fingerprint density at radius 2 is 1.93 bits per heavy atom. The Kier molecular flexibility index (Phi) is 5.67. The summed E-state index contributed by atoms with van der Waals surface area (Å²) in [5.74, 6) is 0.496. The van der Waals surface area contributed by atoms with Crippen LogP contribution in [0.2, 0.25) is 0 Å². The number of aryl methyl sites for hydroxylation is 1. The summed E-state index contributed by atoms with van der Waals surface area (Å²) < 4.78 is 6.87. The van der Waals surface area contributed by atoms with Crippen molar-refractivity contribution in [1.29, 1.82) is 0 Å². The number of morpholine rings is 1. The molecule has 2 aliphatic rings. The van der Waals surface area contributed by atoms with Gasteiger partial charge in [-0.2, -0.15) is 5.10 Å². The van der Waals surface area contributed by atoms with Crippen molar-refractivity contribution in [1.82, 2.24) is 14.7 Å². The number of nitrogens with zero attached hydrogens (tertiary/aromatic N) is 3. The normalized spacial score (nSPS) is 18.6. The van der Waals surface area contributed by atoms with E-state index in [2.05, 4.69) is 35.5 Å². The molecule has 0 spiro atoms. The van der Waals surface area contributed by atoms with E-state index in [1.807, 2.05) is 6.07 Å². The fourth-order valence-electron chi connectivity index (χ4n) is 4.37. The number of hydrogen-bond acceptors (Lipinski definition) is 4. The summed E-state index contributed by atoms with van der Waals surface area (Å²) in [6.07, 6.45) is 5.52. The van der Waals surface area contributed by atoms with Crippen molar-refractivity contribution in [2.45, 2.75) is 44.6 Å². The molecular weight excluding hydrogens is 368 g/mol. The summed E-state index contributed by atoms with van der Waals surface area (Å²) in [5, 5.41) is 7.40. The zero-order chi connectivity index (χ0) is 20.3. The van der Waals surface area contributed by atoms with Gasteiger partial charge in [0.25, 0.3) is 0 Å². The van der Waals surface area contributed by atoms with Crippen molar-refractivity contribution in [2.75, 3.05) is 31.6 Å². The Labute approximate surface area is 171 Å². The number of benzene rings is 1. The van der Waals surface area contributed by atoms with Gasteiger partial charge in [0.05, 0.1) is 18.6 Å². The van der Waals surface area contributed by atoms with Gasteiger partial charge in [-0.05, 0) is 25.3 Å². The summed E-state index contributed by atoms with van der Waals surface area (Å²) in [4.78, 5) is 27.5. The number of hydrogen-bond donors (Lipinski definition) is 1. The van der Waals surface area contributed by atoms with Crippen LogP contribution in [0.4, 0.5) is 5.82 Å². The van der Waals surface area contributed by atoms with E-state index in [0.29, 0.717) is 32.1 Å². The second-order valence-electron chi connectivity index (χ2n) is 8.00. The Balaban J connectivity index is 1.44. The lowest BCUT2D eigenvalue weighted by atomic mass is 9.77. The predicted octanol–water partition coefficient (Wildman–Crippen LogP) is 2.50. The van der Waals surface area contributed by atoms with E-state index in [0.717, 1.165) is 36.8 Å². The van der Waals surface area contributed by atoms with Crippen LogP contribution in [-0.4, -0.2) is 52.8 Å². The number of ether oxygens (including phenoxy) is 1. The minimum Gasteiger partial charge on any atom is -0.378 e. The van der Waals surface area contributed by atoms with Gasteiger partial charge >= 0.3 is 0 Å². The van der Waals surface area contributed by atoms with Crippen LogP contribution in [0.5, 0.6) is 0 Å². The molecule has 0 unspecified atom stereocenters. The fraction of sp³-hybridized carbons (Fsp3) is 0.500. The maximum Gasteiger partial charge on any atom is 0.244 e. The number of amides is 2. The van der Waals surface area contributed by atoms with Crippen LogP contribution in [0.15, 0.2) is 36.5 Å². The molecule has 1 saturated heterocycles. The molecule has 154 valence electrons. The second kappa shape index (κ2) is 8.37. The summed E-state index contributed by atoms with van der Waals surface area (Å²) in [5.41, 5.74) is 1.74. The van der Waals surface area contributed by atoms with Crippen LogP contribution in [0.25, 0.3) is 0 Å². The molecule has 1 saturated carbocycles. The first kappa shape index (κ1) is 19.6. The van der Waals surface area contributed by atoms with Crippen molar-refractivity contribution < 1.29 is 14.3 Å². The minimum absolute atomic E-state index is 0.00893. The van der Waals surface area contributed by atoms with Gasteiger partial charge in [-0.15, -0.1) is 0 Å². The molecule has 1 aromatic carbocycles. The van der Waals surface area contributed by atoms with Gasteiger partial charge in [0.2, 0.25) is 11.8 Å². The third-order valence-corrected chi connectivity index (χ3v) is 6.01. The van der Waals surface area contributed by atoms with Gasteiger partial charge in [0.15, 0.2) is 5.82 Å². The second-order valence-corrected chi connectivity index (χ2v) is 8.00. The molecule has 0 atom stereocenters. The smallest absolute Gasteiger partial charge is 0.244 e. The molecule has 0 bridgehead atoms. The highest BCUT2D eigenvalue weighted by Crippen LogP contribution is 2.42. The zero-order valence-electron chi connectivity index (χ0n) is 16.9. The number of nitrogens with one attached hydrogen (secondary N) is 1. The number of aromatic nitrogens is 2. The van der Waals surface area contributed by atoms with Crippen molar-refractivity contribution >= 4 is 17.6 Å². The predicted molar refractivity (Wildman–Crippen MR) is 110 cm³/mol. The molecule has 1 aliphatic heterocycles. The Morgan fingerprint density at radius 3 is 2.66 bits per heavy atom. The molecule has 7 heteroatoms. The first-order valence-corrected chi connectivity index (χ1v) is 10.3. The quantitative estimate of drug-likeness (QED) is 0.843.